The van der Waals surface area contributed by atoms with Crippen LogP contribution >= 0.6 is 0 Å². The summed E-state index contributed by atoms with van der Waals surface area (Å²) in [5.74, 6) is 0. The molecule has 1 aromatic rings. The molecule has 1 nitrogen and oxygen atoms in total. The van der Waals surface area contributed by atoms with Gasteiger partial charge in [0.1, 0.15) is 0 Å². The van der Waals surface area contributed by atoms with Gasteiger partial charge in [0.05, 0.1) is 0 Å². The largest absolute Gasteiger partial charge is 4.00 e. The molecule has 0 atom stereocenters. The standard InChI is InChI=1S/C11H15.C2H6N.2ClH.Ti/c1-8-7-10-5-3-4-6-11(10)9(8)2;1-3-2;;;/h7H,3-6H2,1-2H3;1-2H3;2*1H;/q2*-1;;;+4/p-2. The van der Waals surface area contributed by atoms with Crippen molar-refractivity contribution in [3.63, 3.8) is 0 Å². The minimum absolute atomic E-state index is 0. The van der Waals surface area contributed by atoms with E-state index < -0.39 is 0 Å². The van der Waals surface area contributed by atoms with Crippen LogP contribution < -0.4 is 24.8 Å². The second-order valence-corrected chi connectivity index (χ2v) is 4.11. The molecule has 0 heterocycles. The van der Waals surface area contributed by atoms with Crippen molar-refractivity contribution in [3.8, 4) is 0 Å². The van der Waals surface area contributed by atoms with E-state index in [1.807, 2.05) is 0 Å². The molecule has 2 rings (SSSR count). The Kier molecular flexibility index (Phi) is 15.6. The smallest absolute Gasteiger partial charge is 1.00 e. The first kappa shape index (κ1) is 22.8. The van der Waals surface area contributed by atoms with Crippen LogP contribution in [0.15, 0.2) is 6.07 Å². The predicted octanol–water partition coefficient (Wildman–Crippen LogP) is -2.47. The molecule has 0 amide bonds. The topological polar surface area (TPSA) is 14.1 Å². The molecule has 0 radical (unpaired) electrons. The number of rotatable bonds is 0. The van der Waals surface area contributed by atoms with Crippen molar-refractivity contribution in [2.75, 3.05) is 14.1 Å². The predicted molar refractivity (Wildman–Crippen MR) is 63.4 cm³/mol. The molecule has 1 aromatic carbocycles. The van der Waals surface area contributed by atoms with Gasteiger partial charge in [-0.05, 0) is 0 Å². The maximum Gasteiger partial charge on any atom is 4.00 e. The van der Waals surface area contributed by atoms with Crippen molar-refractivity contribution in [3.05, 3.63) is 33.6 Å². The summed E-state index contributed by atoms with van der Waals surface area (Å²) >= 11 is 0. The van der Waals surface area contributed by atoms with E-state index in [1.165, 1.54) is 31.2 Å². The normalized spacial score (nSPS) is 11.8. The van der Waals surface area contributed by atoms with Gasteiger partial charge in [-0.15, -0.1) is 0 Å². The van der Waals surface area contributed by atoms with Crippen molar-refractivity contribution in [1.82, 2.24) is 0 Å². The second kappa shape index (κ2) is 11.7. The minimum atomic E-state index is 0. The van der Waals surface area contributed by atoms with Crippen molar-refractivity contribution in [2.24, 2.45) is 0 Å². The molecule has 0 aliphatic heterocycles. The number of hydrogen-bond donors (Lipinski definition) is 0. The van der Waals surface area contributed by atoms with E-state index in [2.05, 4.69) is 25.2 Å². The van der Waals surface area contributed by atoms with Gasteiger partial charge < -0.3 is 30.1 Å². The van der Waals surface area contributed by atoms with E-state index >= 15 is 0 Å². The second-order valence-electron chi connectivity index (χ2n) is 4.11. The van der Waals surface area contributed by atoms with Crippen molar-refractivity contribution in [2.45, 2.75) is 39.5 Å². The summed E-state index contributed by atoms with van der Waals surface area (Å²) < 4.78 is 0. The number of fused-ring (bicyclic) bond motifs is 1. The summed E-state index contributed by atoms with van der Waals surface area (Å²) in [4.78, 5) is 0. The van der Waals surface area contributed by atoms with Gasteiger partial charge in [0.25, 0.3) is 0 Å². The van der Waals surface area contributed by atoms with Gasteiger partial charge in [-0.25, -0.2) is 6.07 Å². The van der Waals surface area contributed by atoms with Crippen LogP contribution in [0.1, 0.15) is 35.1 Å². The summed E-state index contributed by atoms with van der Waals surface area (Å²) in [5.41, 5.74) is 6.34. The number of nitrogens with zero attached hydrogens (tertiary/aromatic N) is 1. The van der Waals surface area contributed by atoms with E-state index in [0.717, 1.165) is 0 Å². The molecular weight excluding hydrogens is 289 g/mol. The SMILES string of the molecule is C[N-]C.Cc1cc2c([c-]1C)CCCC2.[Cl-].[Cl-].[Ti+4]. The van der Waals surface area contributed by atoms with Gasteiger partial charge >= 0.3 is 21.7 Å². The van der Waals surface area contributed by atoms with E-state index in [1.54, 1.807) is 30.8 Å². The van der Waals surface area contributed by atoms with Gasteiger partial charge in [-0.1, -0.05) is 39.5 Å². The summed E-state index contributed by atoms with van der Waals surface area (Å²) in [6.07, 6.45) is 5.45. The zero-order valence-corrected chi connectivity index (χ0v) is 14.2. The van der Waals surface area contributed by atoms with E-state index in [4.69, 9.17) is 0 Å². The van der Waals surface area contributed by atoms with E-state index in [9.17, 15) is 0 Å². The van der Waals surface area contributed by atoms with Gasteiger partial charge in [0, 0.05) is 0 Å². The summed E-state index contributed by atoms with van der Waals surface area (Å²) in [5, 5.41) is 3.50. The third kappa shape index (κ3) is 6.36. The first-order chi connectivity index (χ1) is 6.70. The van der Waals surface area contributed by atoms with Crippen LogP contribution in [0.4, 0.5) is 0 Å². The van der Waals surface area contributed by atoms with Crippen LogP contribution in [0.25, 0.3) is 5.32 Å². The van der Waals surface area contributed by atoms with Crippen LogP contribution in [0.2, 0.25) is 0 Å². The summed E-state index contributed by atoms with van der Waals surface area (Å²) in [7, 11) is 3.50. The molecule has 0 unspecified atom stereocenters. The zero-order chi connectivity index (χ0) is 10.6. The molecule has 4 heteroatoms. The molecule has 0 saturated carbocycles. The van der Waals surface area contributed by atoms with E-state index in [0.29, 0.717) is 0 Å². The average molecular weight is 310 g/mol. The van der Waals surface area contributed by atoms with Crippen molar-refractivity contribution in [1.29, 1.82) is 0 Å². The Bertz CT molecular complexity index is 298. The Labute approximate surface area is 133 Å². The number of halogens is 2. The van der Waals surface area contributed by atoms with Crippen LogP contribution in [0, 0.1) is 13.8 Å². The minimum Gasteiger partial charge on any atom is -1.00 e. The van der Waals surface area contributed by atoms with Gasteiger partial charge in [-0.2, -0.15) is 36.3 Å². The van der Waals surface area contributed by atoms with Crippen LogP contribution in [-0.4, -0.2) is 14.1 Å². The molecule has 0 N–H and O–H groups in total. The first-order valence-corrected chi connectivity index (χ1v) is 5.43. The maximum atomic E-state index is 3.50. The quantitative estimate of drug-likeness (QED) is 0.372. The Morgan fingerprint density at radius 2 is 1.59 bits per heavy atom. The molecule has 0 spiro atoms. The Balaban J connectivity index is -0.000000300. The first-order valence-electron chi connectivity index (χ1n) is 5.43. The zero-order valence-electron chi connectivity index (χ0n) is 11.1. The fourth-order valence-corrected chi connectivity index (χ4v) is 2.12. The molecule has 1 aliphatic carbocycles. The molecule has 96 valence electrons. The molecule has 0 bridgehead atoms. The van der Waals surface area contributed by atoms with Gasteiger partial charge in [0.2, 0.25) is 0 Å². The average Bonchev–Trinajstić information content (AvgIpc) is 2.45. The molecular formula is C13H21Cl2NTi. The Morgan fingerprint density at radius 1 is 1.12 bits per heavy atom. The number of aryl methyl sites for hydroxylation is 2. The van der Waals surface area contributed by atoms with Crippen LogP contribution in [-0.2, 0) is 34.6 Å². The van der Waals surface area contributed by atoms with Crippen molar-refractivity contribution < 1.29 is 46.5 Å². The molecule has 0 saturated heterocycles. The molecule has 0 aromatic heterocycles. The number of hydrogen-bond acceptors (Lipinski definition) is 0. The van der Waals surface area contributed by atoms with E-state index in [-0.39, 0.29) is 46.5 Å². The third-order valence-corrected chi connectivity index (χ3v) is 2.95. The van der Waals surface area contributed by atoms with Gasteiger partial charge in [-0.3, -0.25) is 0 Å². The monoisotopic (exact) mass is 309 g/mol. The summed E-state index contributed by atoms with van der Waals surface area (Å²) in [6, 6.07) is 2.38. The molecule has 0 fully saturated rings. The summed E-state index contributed by atoms with van der Waals surface area (Å²) in [6.45, 7) is 4.49. The maximum absolute atomic E-state index is 3.50. The Hall–Kier alpha value is 0.604. The molecule has 1 aliphatic rings. The third-order valence-electron chi connectivity index (χ3n) is 2.95. The van der Waals surface area contributed by atoms with Gasteiger partial charge in [0.15, 0.2) is 0 Å². The Morgan fingerprint density at radius 3 is 2.06 bits per heavy atom. The fraction of sp³-hybridized carbons (Fsp3) is 0.615. The van der Waals surface area contributed by atoms with Crippen molar-refractivity contribution >= 4 is 0 Å². The molecule has 17 heavy (non-hydrogen) atoms. The van der Waals surface area contributed by atoms with Crippen LogP contribution in [0.5, 0.6) is 0 Å². The fourth-order valence-electron chi connectivity index (χ4n) is 2.12. The van der Waals surface area contributed by atoms with Crippen LogP contribution in [0.3, 0.4) is 0 Å².